The number of nitrogens with zero attached hydrogens (tertiary/aromatic N) is 3. The summed E-state index contributed by atoms with van der Waals surface area (Å²) >= 11 is 0. The monoisotopic (exact) mass is 489 g/mol. The number of rotatable bonds is 8. The quantitative estimate of drug-likeness (QED) is 0.513. The van der Waals surface area contributed by atoms with Crippen molar-refractivity contribution in [3.8, 4) is 5.75 Å². The van der Waals surface area contributed by atoms with Crippen LogP contribution in [-0.2, 0) is 21.2 Å². The van der Waals surface area contributed by atoms with E-state index in [0.29, 0.717) is 35.2 Å². The summed E-state index contributed by atoms with van der Waals surface area (Å²) in [5, 5.41) is 14.3. The van der Waals surface area contributed by atoms with Crippen LogP contribution in [0.1, 0.15) is 45.3 Å². The average molecular weight is 490 g/mol. The van der Waals surface area contributed by atoms with Crippen LogP contribution in [0.4, 0.5) is 4.39 Å². The van der Waals surface area contributed by atoms with Gasteiger partial charge < -0.3 is 9.84 Å². The Labute approximate surface area is 198 Å². The summed E-state index contributed by atoms with van der Waals surface area (Å²) in [5.74, 6) is -0.909. The van der Waals surface area contributed by atoms with E-state index >= 15 is 0 Å². The van der Waals surface area contributed by atoms with E-state index in [1.807, 2.05) is 20.8 Å². The number of hydrogen-bond donors (Lipinski definition) is 1. The van der Waals surface area contributed by atoms with Crippen molar-refractivity contribution in [2.45, 2.75) is 63.1 Å². The molecule has 0 spiro atoms. The molecule has 0 bridgehead atoms. The third-order valence-electron chi connectivity index (χ3n) is 6.03. The van der Waals surface area contributed by atoms with E-state index in [1.54, 1.807) is 16.8 Å². The van der Waals surface area contributed by atoms with Gasteiger partial charge in [-0.15, -0.1) is 0 Å². The second-order valence-electron chi connectivity index (χ2n) is 8.79. The molecule has 1 aliphatic rings. The van der Waals surface area contributed by atoms with Crippen LogP contribution in [0.5, 0.6) is 5.75 Å². The molecule has 10 heteroatoms. The number of carboxylic acid groups (broad SMARTS) is 1. The van der Waals surface area contributed by atoms with Crippen molar-refractivity contribution in [2.24, 2.45) is 0 Å². The summed E-state index contributed by atoms with van der Waals surface area (Å²) in [4.78, 5) is 11.5. The number of carboxylic acids is 1. The van der Waals surface area contributed by atoms with Crippen molar-refractivity contribution in [3.05, 3.63) is 54.0 Å². The summed E-state index contributed by atoms with van der Waals surface area (Å²) in [6.07, 6.45) is 0.765. The number of halogens is 1. The first-order chi connectivity index (χ1) is 16.1. The zero-order chi connectivity index (χ0) is 24.6. The van der Waals surface area contributed by atoms with E-state index in [9.17, 15) is 22.7 Å². The van der Waals surface area contributed by atoms with Crippen molar-refractivity contribution < 1.29 is 27.4 Å². The second kappa shape index (κ2) is 9.34. The molecule has 0 saturated carbocycles. The van der Waals surface area contributed by atoms with Gasteiger partial charge in [0.15, 0.2) is 0 Å². The molecule has 34 heavy (non-hydrogen) atoms. The number of carbonyl (C=O) groups is 1. The molecule has 8 nitrogen and oxygen atoms in total. The van der Waals surface area contributed by atoms with E-state index in [-0.39, 0.29) is 36.0 Å². The Morgan fingerprint density at radius 3 is 2.56 bits per heavy atom. The Bertz CT molecular complexity index is 1300. The topological polar surface area (TPSA) is 102 Å². The molecule has 0 radical (unpaired) electrons. The van der Waals surface area contributed by atoms with Gasteiger partial charge >= 0.3 is 5.97 Å². The molecule has 2 aromatic carbocycles. The summed E-state index contributed by atoms with van der Waals surface area (Å²) in [6.45, 7) is 5.87. The Hall–Kier alpha value is -2.98. The number of benzene rings is 2. The number of fused-ring (bicyclic) bond motifs is 1. The first-order valence-electron chi connectivity index (χ1n) is 11.3. The highest BCUT2D eigenvalue weighted by Gasteiger charge is 2.41. The molecule has 1 saturated heterocycles. The van der Waals surface area contributed by atoms with E-state index in [4.69, 9.17) is 4.74 Å². The zero-order valence-electron chi connectivity index (χ0n) is 19.3. The number of hydrogen-bond acceptors (Lipinski definition) is 5. The van der Waals surface area contributed by atoms with Crippen molar-refractivity contribution >= 4 is 26.9 Å². The smallest absolute Gasteiger partial charge is 0.309 e. The standard InChI is InChI=1S/C24H28FN3O5S/c1-4-17-12-18(28-23-11-16(25)5-10-21(23)22(26-28)13-24(29)30)14-27(17)34(31,32)20-8-6-19(7-9-20)33-15(2)3/h5-11,15,17-18H,4,12-14H2,1-3H3,(H,29,30)/t17-,18-/m1/s1. The van der Waals surface area contributed by atoms with Crippen LogP contribution in [0.2, 0.25) is 0 Å². The highest BCUT2D eigenvalue weighted by molar-refractivity contribution is 7.89. The van der Waals surface area contributed by atoms with Gasteiger partial charge in [-0.05, 0) is 69.2 Å². The Morgan fingerprint density at radius 1 is 1.24 bits per heavy atom. The summed E-state index contributed by atoms with van der Waals surface area (Å²) in [7, 11) is -3.79. The number of aliphatic carboxylic acids is 1. The first-order valence-corrected chi connectivity index (χ1v) is 12.7. The van der Waals surface area contributed by atoms with Crippen molar-refractivity contribution in [1.82, 2.24) is 14.1 Å². The zero-order valence-corrected chi connectivity index (χ0v) is 20.1. The molecular formula is C24H28FN3O5S. The van der Waals surface area contributed by atoms with Crippen molar-refractivity contribution in [1.29, 1.82) is 0 Å². The minimum Gasteiger partial charge on any atom is -0.491 e. The van der Waals surface area contributed by atoms with Gasteiger partial charge in [0.25, 0.3) is 0 Å². The maximum Gasteiger partial charge on any atom is 0.309 e. The summed E-state index contributed by atoms with van der Waals surface area (Å²) < 4.78 is 49.7. The average Bonchev–Trinajstić information content (AvgIpc) is 3.35. The highest BCUT2D eigenvalue weighted by Crippen LogP contribution is 2.36. The summed E-state index contributed by atoms with van der Waals surface area (Å²) in [5.41, 5.74) is 0.795. The fourth-order valence-corrected chi connectivity index (χ4v) is 6.28. The third-order valence-corrected chi connectivity index (χ3v) is 7.96. The largest absolute Gasteiger partial charge is 0.491 e. The van der Waals surface area contributed by atoms with Gasteiger partial charge in [0.2, 0.25) is 10.0 Å². The Balaban J connectivity index is 1.67. The maximum atomic E-state index is 14.0. The molecule has 0 unspecified atom stereocenters. The molecular weight excluding hydrogens is 461 g/mol. The molecule has 4 rings (SSSR count). The van der Waals surface area contributed by atoms with Gasteiger partial charge in [-0.25, -0.2) is 12.8 Å². The normalized spacial score (nSPS) is 19.2. The Morgan fingerprint density at radius 2 is 1.94 bits per heavy atom. The fraction of sp³-hybridized carbons (Fsp3) is 0.417. The van der Waals surface area contributed by atoms with E-state index in [0.717, 1.165) is 0 Å². The van der Waals surface area contributed by atoms with Gasteiger partial charge in [-0.1, -0.05) is 6.92 Å². The van der Waals surface area contributed by atoms with E-state index in [1.165, 1.54) is 34.6 Å². The highest BCUT2D eigenvalue weighted by atomic mass is 32.2. The number of aromatic nitrogens is 2. The van der Waals surface area contributed by atoms with Gasteiger partial charge in [0.05, 0.1) is 34.7 Å². The van der Waals surface area contributed by atoms with Crippen LogP contribution < -0.4 is 4.74 Å². The van der Waals surface area contributed by atoms with Crippen LogP contribution in [0.15, 0.2) is 47.4 Å². The molecule has 3 aromatic rings. The van der Waals surface area contributed by atoms with Crippen LogP contribution in [0, 0.1) is 5.82 Å². The Kier molecular flexibility index (Phi) is 6.64. The molecule has 0 amide bonds. The maximum absolute atomic E-state index is 14.0. The van der Waals surface area contributed by atoms with Crippen LogP contribution in [0.25, 0.3) is 10.9 Å². The minimum absolute atomic E-state index is 0.0222. The predicted molar refractivity (Wildman–Crippen MR) is 125 cm³/mol. The lowest BCUT2D eigenvalue weighted by Crippen LogP contribution is -2.35. The lowest BCUT2D eigenvalue weighted by Gasteiger charge is -2.23. The molecule has 1 N–H and O–H groups in total. The molecule has 1 aromatic heterocycles. The predicted octanol–water partition coefficient (Wildman–Crippen LogP) is 4.00. The second-order valence-corrected chi connectivity index (χ2v) is 10.7. The summed E-state index contributed by atoms with van der Waals surface area (Å²) in [6, 6.07) is 9.85. The fourth-order valence-electron chi connectivity index (χ4n) is 4.53. The molecule has 2 atom stereocenters. The van der Waals surface area contributed by atoms with Crippen LogP contribution in [0.3, 0.4) is 0 Å². The molecule has 1 aliphatic heterocycles. The molecule has 182 valence electrons. The van der Waals surface area contributed by atoms with E-state index in [2.05, 4.69) is 5.10 Å². The van der Waals surface area contributed by atoms with Gasteiger partial charge in [-0.3, -0.25) is 9.48 Å². The molecule has 1 fully saturated rings. The van der Waals surface area contributed by atoms with Crippen LogP contribution >= 0.6 is 0 Å². The number of ether oxygens (including phenoxy) is 1. The van der Waals surface area contributed by atoms with Crippen molar-refractivity contribution in [3.63, 3.8) is 0 Å². The van der Waals surface area contributed by atoms with Crippen LogP contribution in [-0.4, -0.2) is 52.3 Å². The van der Waals surface area contributed by atoms with Gasteiger partial charge in [-0.2, -0.15) is 9.40 Å². The first kappa shape index (κ1) is 24.2. The minimum atomic E-state index is -3.79. The molecule has 0 aliphatic carbocycles. The van der Waals surface area contributed by atoms with E-state index < -0.39 is 21.8 Å². The third kappa shape index (κ3) is 4.65. The van der Waals surface area contributed by atoms with Gasteiger partial charge in [0, 0.05) is 18.0 Å². The molecule has 2 heterocycles. The lowest BCUT2D eigenvalue weighted by atomic mass is 10.1. The SMILES string of the molecule is CC[C@@H]1C[C@@H](n2nc(CC(=O)O)c3ccc(F)cc32)CN1S(=O)(=O)c1ccc(OC(C)C)cc1. The van der Waals surface area contributed by atoms with Crippen molar-refractivity contribution in [2.75, 3.05) is 6.54 Å². The number of sulfonamides is 1. The van der Waals surface area contributed by atoms with Gasteiger partial charge in [0.1, 0.15) is 11.6 Å². The lowest BCUT2D eigenvalue weighted by molar-refractivity contribution is -0.136.